The number of anilines is 2. The lowest BCUT2D eigenvalue weighted by molar-refractivity contribution is 0.269. The molecular weight excluding hydrogens is 228 g/mol. The monoisotopic (exact) mass is 252 g/mol. The second-order valence-corrected chi connectivity index (χ2v) is 4.80. The Kier molecular flexibility index (Phi) is 5.34. The number of aliphatic hydroxyl groups excluding tert-OH is 1. The Labute approximate surface area is 109 Å². The minimum atomic E-state index is 0.0365. The van der Waals surface area contributed by atoms with Crippen molar-refractivity contribution in [1.29, 1.82) is 0 Å². The van der Waals surface area contributed by atoms with E-state index in [1.54, 1.807) is 0 Å². The third-order valence-corrected chi connectivity index (χ3v) is 2.89. The molecule has 0 saturated heterocycles. The predicted octanol–water partition coefficient (Wildman–Crippen LogP) is 1.85. The molecule has 1 atom stereocenters. The van der Waals surface area contributed by atoms with E-state index < -0.39 is 0 Å². The van der Waals surface area contributed by atoms with Crippen LogP contribution < -0.4 is 10.2 Å². The Morgan fingerprint density at radius 1 is 1.33 bits per heavy atom. The van der Waals surface area contributed by atoms with Crippen LogP contribution in [0.15, 0.2) is 6.07 Å². The van der Waals surface area contributed by atoms with Gasteiger partial charge in [0.05, 0.1) is 12.6 Å². The van der Waals surface area contributed by atoms with Crippen molar-refractivity contribution in [2.45, 2.75) is 39.7 Å². The van der Waals surface area contributed by atoms with Gasteiger partial charge in [0.1, 0.15) is 17.5 Å². The van der Waals surface area contributed by atoms with E-state index in [-0.39, 0.29) is 18.6 Å². The van der Waals surface area contributed by atoms with Gasteiger partial charge in [0.25, 0.3) is 0 Å². The molecule has 1 aromatic heterocycles. The number of aliphatic hydroxyl groups is 1. The summed E-state index contributed by atoms with van der Waals surface area (Å²) in [6.45, 7) is 9.08. The van der Waals surface area contributed by atoms with E-state index in [1.165, 1.54) is 0 Å². The number of nitrogens with zero attached hydrogens (tertiary/aromatic N) is 3. The molecule has 0 bridgehead atoms. The number of nitrogens with one attached hydrogen (secondary N) is 1. The van der Waals surface area contributed by atoms with E-state index in [0.29, 0.717) is 0 Å². The quantitative estimate of drug-likeness (QED) is 0.809. The Hall–Kier alpha value is -1.36. The van der Waals surface area contributed by atoms with Crippen LogP contribution in [-0.4, -0.2) is 41.3 Å². The zero-order valence-corrected chi connectivity index (χ0v) is 11.9. The molecule has 0 radical (unpaired) electrons. The summed E-state index contributed by atoms with van der Waals surface area (Å²) in [4.78, 5) is 11.0. The second kappa shape index (κ2) is 6.54. The van der Waals surface area contributed by atoms with Gasteiger partial charge in [0.2, 0.25) is 0 Å². The standard InChI is InChI=1S/C13H24N4O/c1-6-14-11-7-12(17(5)10(4)8-18)16-13(15-11)9(2)3/h7,9-10,18H,6,8H2,1-5H3,(H,14,15,16). The van der Waals surface area contributed by atoms with Crippen LogP contribution in [-0.2, 0) is 0 Å². The highest BCUT2D eigenvalue weighted by molar-refractivity contribution is 5.49. The first-order valence-electron chi connectivity index (χ1n) is 6.46. The topological polar surface area (TPSA) is 61.3 Å². The fraction of sp³-hybridized carbons (Fsp3) is 0.692. The highest BCUT2D eigenvalue weighted by atomic mass is 16.3. The molecule has 1 heterocycles. The van der Waals surface area contributed by atoms with Crippen molar-refractivity contribution in [2.75, 3.05) is 30.4 Å². The van der Waals surface area contributed by atoms with E-state index in [0.717, 1.165) is 24.0 Å². The van der Waals surface area contributed by atoms with Gasteiger partial charge in [-0.25, -0.2) is 9.97 Å². The van der Waals surface area contributed by atoms with Crippen LogP contribution in [0.3, 0.4) is 0 Å². The number of likely N-dealkylation sites (N-methyl/N-ethyl adjacent to an activating group) is 1. The Morgan fingerprint density at radius 3 is 2.50 bits per heavy atom. The predicted molar refractivity (Wildman–Crippen MR) is 75.2 cm³/mol. The number of rotatable bonds is 6. The summed E-state index contributed by atoms with van der Waals surface area (Å²) in [6.07, 6.45) is 0. The van der Waals surface area contributed by atoms with Crippen LogP contribution in [0.1, 0.15) is 39.4 Å². The van der Waals surface area contributed by atoms with Crippen molar-refractivity contribution < 1.29 is 5.11 Å². The van der Waals surface area contributed by atoms with E-state index >= 15 is 0 Å². The summed E-state index contributed by atoms with van der Waals surface area (Å²) in [6, 6.07) is 1.95. The highest BCUT2D eigenvalue weighted by Gasteiger charge is 2.14. The molecule has 1 unspecified atom stereocenters. The summed E-state index contributed by atoms with van der Waals surface area (Å²) in [5.74, 6) is 2.77. The van der Waals surface area contributed by atoms with E-state index in [9.17, 15) is 5.11 Å². The zero-order chi connectivity index (χ0) is 13.7. The maximum Gasteiger partial charge on any atom is 0.135 e. The molecule has 0 aliphatic rings. The zero-order valence-electron chi connectivity index (χ0n) is 11.9. The lowest BCUT2D eigenvalue weighted by Crippen LogP contribution is -2.32. The normalized spacial score (nSPS) is 12.6. The molecular formula is C13H24N4O. The third-order valence-electron chi connectivity index (χ3n) is 2.89. The smallest absolute Gasteiger partial charge is 0.135 e. The second-order valence-electron chi connectivity index (χ2n) is 4.80. The summed E-state index contributed by atoms with van der Waals surface area (Å²) in [5.41, 5.74) is 0. The summed E-state index contributed by atoms with van der Waals surface area (Å²) in [5, 5.41) is 12.4. The molecule has 102 valence electrons. The van der Waals surface area contributed by atoms with Gasteiger partial charge < -0.3 is 15.3 Å². The van der Waals surface area contributed by atoms with Gasteiger partial charge in [-0.2, -0.15) is 0 Å². The summed E-state index contributed by atoms with van der Waals surface area (Å²) in [7, 11) is 1.93. The molecule has 0 amide bonds. The molecule has 0 spiro atoms. The molecule has 0 saturated carbocycles. The first kappa shape index (κ1) is 14.7. The number of aromatic nitrogens is 2. The van der Waals surface area contributed by atoms with Crippen LogP contribution in [0.4, 0.5) is 11.6 Å². The first-order chi connectivity index (χ1) is 8.49. The van der Waals surface area contributed by atoms with Gasteiger partial charge in [0.15, 0.2) is 0 Å². The fourth-order valence-corrected chi connectivity index (χ4v) is 1.51. The maximum absolute atomic E-state index is 9.22. The number of hydrogen-bond donors (Lipinski definition) is 2. The molecule has 0 aliphatic carbocycles. The molecule has 5 heteroatoms. The lowest BCUT2D eigenvalue weighted by atomic mass is 10.2. The molecule has 0 aromatic carbocycles. The van der Waals surface area contributed by atoms with E-state index in [2.05, 4.69) is 29.1 Å². The molecule has 5 nitrogen and oxygen atoms in total. The Balaban J connectivity index is 3.09. The Morgan fingerprint density at radius 2 is 2.00 bits per heavy atom. The highest BCUT2D eigenvalue weighted by Crippen LogP contribution is 2.20. The minimum absolute atomic E-state index is 0.0365. The van der Waals surface area contributed by atoms with Crippen molar-refractivity contribution in [1.82, 2.24) is 9.97 Å². The van der Waals surface area contributed by atoms with Crippen LogP contribution in [0.2, 0.25) is 0 Å². The SMILES string of the molecule is CCNc1cc(N(C)C(C)CO)nc(C(C)C)n1. The Bertz CT molecular complexity index is 381. The van der Waals surface area contributed by atoms with Gasteiger partial charge in [-0.3, -0.25) is 0 Å². The van der Waals surface area contributed by atoms with Crippen LogP contribution in [0.5, 0.6) is 0 Å². The molecule has 0 fully saturated rings. The van der Waals surface area contributed by atoms with E-state index in [4.69, 9.17) is 0 Å². The van der Waals surface area contributed by atoms with Gasteiger partial charge in [-0.1, -0.05) is 13.8 Å². The van der Waals surface area contributed by atoms with Gasteiger partial charge >= 0.3 is 0 Å². The van der Waals surface area contributed by atoms with Gasteiger partial charge in [-0.05, 0) is 13.8 Å². The molecule has 1 aromatic rings. The summed E-state index contributed by atoms with van der Waals surface area (Å²) >= 11 is 0. The van der Waals surface area contributed by atoms with Crippen molar-refractivity contribution in [2.24, 2.45) is 0 Å². The van der Waals surface area contributed by atoms with Gasteiger partial charge in [-0.15, -0.1) is 0 Å². The van der Waals surface area contributed by atoms with Crippen LogP contribution >= 0.6 is 0 Å². The molecule has 2 N–H and O–H groups in total. The van der Waals surface area contributed by atoms with Crippen molar-refractivity contribution in [3.8, 4) is 0 Å². The van der Waals surface area contributed by atoms with E-state index in [1.807, 2.05) is 31.9 Å². The molecule has 18 heavy (non-hydrogen) atoms. The molecule has 1 rings (SSSR count). The first-order valence-corrected chi connectivity index (χ1v) is 6.46. The summed E-state index contributed by atoms with van der Waals surface area (Å²) < 4.78 is 0. The largest absolute Gasteiger partial charge is 0.394 e. The lowest BCUT2D eigenvalue weighted by Gasteiger charge is -2.25. The van der Waals surface area contributed by atoms with Crippen LogP contribution in [0, 0.1) is 0 Å². The third kappa shape index (κ3) is 3.57. The van der Waals surface area contributed by atoms with Crippen molar-refractivity contribution >= 4 is 11.6 Å². The number of hydrogen-bond acceptors (Lipinski definition) is 5. The minimum Gasteiger partial charge on any atom is -0.394 e. The van der Waals surface area contributed by atoms with Crippen molar-refractivity contribution in [3.63, 3.8) is 0 Å². The maximum atomic E-state index is 9.22. The van der Waals surface area contributed by atoms with Crippen LogP contribution in [0.25, 0.3) is 0 Å². The van der Waals surface area contributed by atoms with Gasteiger partial charge in [0, 0.05) is 25.6 Å². The average molecular weight is 252 g/mol. The molecule has 0 aliphatic heterocycles. The van der Waals surface area contributed by atoms with Crippen molar-refractivity contribution in [3.05, 3.63) is 11.9 Å². The fourth-order valence-electron chi connectivity index (χ4n) is 1.51. The average Bonchev–Trinajstić information content (AvgIpc) is 2.36.